The van der Waals surface area contributed by atoms with Crippen molar-refractivity contribution in [2.45, 2.75) is 25.8 Å². The Balaban J connectivity index is 1.53. The Hall–Kier alpha value is -3.92. The highest BCUT2D eigenvalue weighted by molar-refractivity contribution is 6.05. The Morgan fingerprint density at radius 2 is 2.03 bits per heavy atom. The van der Waals surface area contributed by atoms with Gasteiger partial charge in [0.1, 0.15) is 29.2 Å². The van der Waals surface area contributed by atoms with Gasteiger partial charge in [0.05, 0.1) is 23.9 Å². The number of anilines is 2. The first-order valence-electron chi connectivity index (χ1n) is 11.2. The third-order valence-corrected chi connectivity index (χ3v) is 6.22. The van der Waals surface area contributed by atoms with Crippen molar-refractivity contribution >= 4 is 28.4 Å². The lowest BCUT2D eigenvalue weighted by atomic mass is 10.0. The summed E-state index contributed by atoms with van der Waals surface area (Å²) in [6, 6.07) is 7.67. The van der Waals surface area contributed by atoms with Crippen LogP contribution in [0, 0.1) is 6.92 Å². The van der Waals surface area contributed by atoms with E-state index in [1.807, 2.05) is 25.1 Å². The number of rotatable bonds is 5. The van der Waals surface area contributed by atoms with Crippen LogP contribution in [0.4, 0.5) is 11.5 Å². The number of amides is 1. The van der Waals surface area contributed by atoms with Gasteiger partial charge in [-0.1, -0.05) is 6.07 Å². The molecule has 1 aromatic carbocycles. The van der Waals surface area contributed by atoms with E-state index in [0.29, 0.717) is 22.9 Å². The molecule has 1 aliphatic rings. The van der Waals surface area contributed by atoms with Gasteiger partial charge < -0.3 is 25.1 Å². The molecule has 1 saturated heterocycles. The molecule has 0 spiro atoms. The largest absolute Gasteiger partial charge is 0.495 e. The average Bonchev–Trinajstić information content (AvgIpc) is 3.40. The summed E-state index contributed by atoms with van der Waals surface area (Å²) in [5.74, 6) is 0.698. The Kier molecular flexibility index (Phi) is 5.66. The lowest BCUT2D eigenvalue weighted by Gasteiger charge is -2.24. The molecular weight excluding hydrogens is 434 g/mol. The van der Waals surface area contributed by atoms with Crippen LogP contribution in [-0.4, -0.2) is 50.5 Å². The number of carbonyl (C=O) groups excluding carboxylic acids is 1. The van der Waals surface area contributed by atoms with Gasteiger partial charge in [-0.15, -0.1) is 0 Å². The summed E-state index contributed by atoms with van der Waals surface area (Å²) < 4.78 is 14.9. The number of fused-ring (bicyclic) bond motifs is 1. The fraction of sp³-hybridized carbons (Fsp3) is 0.333. The fourth-order valence-electron chi connectivity index (χ4n) is 4.54. The van der Waals surface area contributed by atoms with E-state index in [1.165, 1.54) is 6.33 Å². The number of aromatic nitrogens is 5. The summed E-state index contributed by atoms with van der Waals surface area (Å²) in [7, 11) is 3.31. The molecule has 0 unspecified atom stereocenters. The van der Waals surface area contributed by atoms with Crippen LogP contribution < -0.4 is 15.8 Å². The molecule has 0 saturated carbocycles. The molecule has 0 bridgehead atoms. The Bertz CT molecular complexity index is 1370. The summed E-state index contributed by atoms with van der Waals surface area (Å²) in [5, 5.41) is 7.97. The Labute approximate surface area is 196 Å². The molecule has 0 aliphatic carbocycles. The molecule has 1 aliphatic heterocycles. The van der Waals surface area contributed by atoms with Gasteiger partial charge in [-0.25, -0.2) is 9.97 Å². The number of nitrogens with one attached hydrogen (secondary N) is 1. The average molecular weight is 462 g/mol. The molecule has 4 heterocycles. The quantitative estimate of drug-likeness (QED) is 0.467. The lowest BCUT2D eigenvalue weighted by molar-refractivity contribution is 0.0706. The van der Waals surface area contributed by atoms with Crippen molar-refractivity contribution < 1.29 is 14.3 Å². The molecule has 3 aromatic heterocycles. The second-order valence-electron chi connectivity index (χ2n) is 8.41. The summed E-state index contributed by atoms with van der Waals surface area (Å²) in [6.45, 7) is 3.29. The topological polar surface area (TPSA) is 122 Å². The molecule has 176 valence electrons. The monoisotopic (exact) mass is 461 g/mol. The van der Waals surface area contributed by atoms with Crippen LogP contribution in [0.15, 0.2) is 36.8 Å². The van der Waals surface area contributed by atoms with Crippen LogP contribution in [0.3, 0.4) is 0 Å². The number of methoxy groups -OCH3 is 1. The van der Waals surface area contributed by atoms with E-state index in [-0.39, 0.29) is 11.9 Å². The maximum Gasteiger partial charge on any atom is 0.274 e. The normalized spacial score (nSPS) is 14.4. The zero-order valence-corrected chi connectivity index (χ0v) is 19.4. The fourth-order valence-corrected chi connectivity index (χ4v) is 4.54. The maximum absolute atomic E-state index is 12.8. The first-order chi connectivity index (χ1) is 16.5. The minimum atomic E-state index is -0.261. The molecule has 1 fully saturated rings. The second-order valence-corrected chi connectivity index (χ2v) is 8.41. The van der Waals surface area contributed by atoms with E-state index in [0.717, 1.165) is 53.9 Å². The predicted octanol–water partition coefficient (Wildman–Crippen LogP) is 3.33. The van der Waals surface area contributed by atoms with Crippen LogP contribution in [0.1, 0.15) is 35.1 Å². The van der Waals surface area contributed by atoms with Crippen LogP contribution in [0.25, 0.3) is 22.2 Å². The van der Waals surface area contributed by atoms with E-state index in [4.69, 9.17) is 15.2 Å². The van der Waals surface area contributed by atoms with Crippen molar-refractivity contribution in [1.82, 2.24) is 24.3 Å². The van der Waals surface area contributed by atoms with Crippen LogP contribution >= 0.6 is 0 Å². The van der Waals surface area contributed by atoms with E-state index in [9.17, 15) is 4.79 Å². The number of hydrogen-bond donors (Lipinski definition) is 2. The highest BCUT2D eigenvalue weighted by Crippen LogP contribution is 2.39. The number of benzene rings is 1. The number of nitrogen functional groups attached to an aromatic ring is 1. The van der Waals surface area contributed by atoms with E-state index in [2.05, 4.69) is 31.1 Å². The van der Waals surface area contributed by atoms with Crippen molar-refractivity contribution in [3.8, 4) is 16.9 Å². The van der Waals surface area contributed by atoms with Crippen LogP contribution in [0.2, 0.25) is 0 Å². The van der Waals surface area contributed by atoms with Crippen LogP contribution in [-0.2, 0) is 11.8 Å². The predicted molar refractivity (Wildman–Crippen MR) is 129 cm³/mol. The van der Waals surface area contributed by atoms with Crippen molar-refractivity contribution in [1.29, 1.82) is 0 Å². The SMILES string of the molecule is COc1cc(-c2cn(C3CCOCC3)c3ncnc(N)c23)ccc1NC(=O)c1cc(C)nn1C. The van der Waals surface area contributed by atoms with Gasteiger partial charge in [0.15, 0.2) is 0 Å². The van der Waals surface area contributed by atoms with Gasteiger partial charge in [0.25, 0.3) is 5.91 Å². The smallest absolute Gasteiger partial charge is 0.274 e. The number of aryl methyl sites for hydroxylation is 2. The standard InChI is InChI=1S/C24H27N7O3/c1-14-10-19(30(2)29-14)24(32)28-18-5-4-15(11-20(18)33-3)17-12-31(16-6-8-34-9-7-16)23-21(17)22(25)26-13-27-23/h4-5,10-13,16H,6-9H2,1-3H3,(H,28,32)(H2,25,26,27). The van der Waals surface area contributed by atoms with Crippen molar-refractivity contribution in [3.63, 3.8) is 0 Å². The summed E-state index contributed by atoms with van der Waals surface area (Å²) in [5.41, 5.74) is 10.7. The van der Waals surface area contributed by atoms with Gasteiger partial charge in [0.2, 0.25) is 0 Å². The van der Waals surface area contributed by atoms with Crippen molar-refractivity contribution in [3.05, 3.63) is 48.2 Å². The van der Waals surface area contributed by atoms with Crippen molar-refractivity contribution in [2.24, 2.45) is 7.05 Å². The number of carbonyl (C=O) groups is 1. The third-order valence-electron chi connectivity index (χ3n) is 6.22. The first kappa shape index (κ1) is 21.9. The molecule has 10 heteroatoms. The Morgan fingerprint density at radius 1 is 1.24 bits per heavy atom. The first-order valence-corrected chi connectivity index (χ1v) is 11.2. The molecule has 0 atom stereocenters. The maximum atomic E-state index is 12.8. The van der Waals surface area contributed by atoms with E-state index < -0.39 is 0 Å². The summed E-state index contributed by atoms with van der Waals surface area (Å²) >= 11 is 0. The van der Waals surface area contributed by atoms with E-state index >= 15 is 0 Å². The van der Waals surface area contributed by atoms with Gasteiger partial charge in [-0.05, 0) is 43.5 Å². The van der Waals surface area contributed by atoms with Gasteiger partial charge in [-0.2, -0.15) is 5.10 Å². The molecule has 34 heavy (non-hydrogen) atoms. The zero-order valence-electron chi connectivity index (χ0n) is 19.4. The van der Waals surface area contributed by atoms with Gasteiger partial charge in [-0.3, -0.25) is 9.48 Å². The molecule has 0 radical (unpaired) electrons. The minimum Gasteiger partial charge on any atom is -0.495 e. The zero-order chi connectivity index (χ0) is 23.8. The molecule has 10 nitrogen and oxygen atoms in total. The minimum absolute atomic E-state index is 0.261. The van der Waals surface area contributed by atoms with E-state index in [1.54, 1.807) is 24.9 Å². The summed E-state index contributed by atoms with van der Waals surface area (Å²) in [6.07, 6.45) is 5.40. The molecule has 5 rings (SSSR count). The highest BCUT2D eigenvalue weighted by atomic mass is 16.5. The van der Waals surface area contributed by atoms with Gasteiger partial charge >= 0.3 is 0 Å². The second kappa shape index (κ2) is 8.79. The molecular formula is C24H27N7O3. The van der Waals surface area contributed by atoms with Crippen LogP contribution in [0.5, 0.6) is 5.75 Å². The summed E-state index contributed by atoms with van der Waals surface area (Å²) in [4.78, 5) is 21.6. The Morgan fingerprint density at radius 3 is 2.74 bits per heavy atom. The van der Waals surface area contributed by atoms with Crippen molar-refractivity contribution in [2.75, 3.05) is 31.4 Å². The van der Waals surface area contributed by atoms with Gasteiger partial charge in [0, 0.05) is 38.1 Å². The number of ether oxygens (including phenoxy) is 2. The number of hydrogen-bond acceptors (Lipinski definition) is 7. The number of nitrogens with two attached hydrogens (primary N) is 1. The molecule has 1 amide bonds. The number of nitrogens with zero attached hydrogens (tertiary/aromatic N) is 5. The highest BCUT2D eigenvalue weighted by Gasteiger charge is 2.23. The molecule has 3 N–H and O–H groups in total. The molecule has 4 aromatic rings. The lowest BCUT2D eigenvalue weighted by Crippen LogP contribution is -2.19. The third kappa shape index (κ3) is 3.86.